The maximum atomic E-state index is 11.8. The van der Waals surface area contributed by atoms with Crippen LogP contribution in [0, 0.1) is 5.41 Å². The van der Waals surface area contributed by atoms with E-state index in [0.29, 0.717) is 6.61 Å². The first-order valence-corrected chi connectivity index (χ1v) is 5.42. The van der Waals surface area contributed by atoms with E-state index in [1.165, 1.54) is 0 Å². The molecule has 1 aromatic carbocycles. The van der Waals surface area contributed by atoms with E-state index in [-0.39, 0.29) is 5.97 Å². The van der Waals surface area contributed by atoms with Gasteiger partial charge in [0.15, 0.2) is 0 Å². The summed E-state index contributed by atoms with van der Waals surface area (Å²) in [7, 11) is 0. The molecule has 0 radical (unpaired) electrons. The van der Waals surface area contributed by atoms with Crippen molar-refractivity contribution in [3.05, 3.63) is 42.5 Å². The summed E-state index contributed by atoms with van der Waals surface area (Å²) < 4.78 is 5.05. The summed E-state index contributed by atoms with van der Waals surface area (Å²) in [5, 5.41) is 0. The molecule has 0 amide bonds. The van der Waals surface area contributed by atoms with E-state index in [0.717, 1.165) is 11.1 Å². The Morgan fingerprint density at radius 3 is 2.38 bits per heavy atom. The van der Waals surface area contributed by atoms with Gasteiger partial charge in [0.1, 0.15) is 0 Å². The Labute approximate surface area is 96.9 Å². The predicted octanol–water partition coefficient (Wildman–Crippen LogP) is 3.29. The first kappa shape index (κ1) is 12.5. The summed E-state index contributed by atoms with van der Waals surface area (Å²) in [4.78, 5) is 11.8. The highest BCUT2D eigenvalue weighted by Gasteiger charge is 2.32. The van der Waals surface area contributed by atoms with Gasteiger partial charge in [-0.2, -0.15) is 0 Å². The second-order valence-electron chi connectivity index (χ2n) is 4.19. The van der Waals surface area contributed by atoms with Gasteiger partial charge in [-0.25, -0.2) is 0 Å². The lowest BCUT2D eigenvalue weighted by molar-refractivity contribution is -0.150. The van der Waals surface area contributed by atoms with Gasteiger partial charge in [0.05, 0.1) is 12.0 Å². The summed E-state index contributed by atoms with van der Waals surface area (Å²) in [6, 6.07) is 9.70. The SMILES string of the molecule is C=C(c1ccccc1)C(C)(C)C(=O)OCC. The Kier molecular flexibility index (Phi) is 3.88. The first-order valence-electron chi connectivity index (χ1n) is 5.42. The van der Waals surface area contributed by atoms with Crippen LogP contribution >= 0.6 is 0 Å². The van der Waals surface area contributed by atoms with Crippen LogP contribution in [-0.4, -0.2) is 12.6 Å². The number of rotatable bonds is 4. The minimum absolute atomic E-state index is 0.233. The van der Waals surface area contributed by atoms with Gasteiger partial charge in [-0.15, -0.1) is 0 Å². The lowest BCUT2D eigenvalue weighted by Gasteiger charge is -2.25. The standard InChI is InChI=1S/C14H18O2/c1-5-16-13(15)14(3,4)11(2)12-9-7-6-8-10-12/h6-10H,2,5H2,1,3-4H3. The van der Waals surface area contributed by atoms with Crippen molar-refractivity contribution in [1.82, 2.24) is 0 Å². The minimum Gasteiger partial charge on any atom is -0.465 e. The van der Waals surface area contributed by atoms with Crippen molar-refractivity contribution in [2.45, 2.75) is 20.8 Å². The van der Waals surface area contributed by atoms with E-state index >= 15 is 0 Å². The summed E-state index contributed by atoms with van der Waals surface area (Å²) in [6.07, 6.45) is 0. The van der Waals surface area contributed by atoms with Crippen LogP contribution in [0.1, 0.15) is 26.3 Å². The van der Waals surface area contributed by atoms with Crippen molar-refractivity contribution in [3.8, 4) is 0 Å². The molecule has 0 unspecified atom stereocenters. The molecule has 0 spiro atoms. The van der Waals surface area contributed by atoms with Gasteiger partial charge >= 0.3 is 5.97 Å². The van der Waals surface area contributed by atoms with Gasteiger partial charge in [-0.3, -0.25) is 4.79 Å². The van der Waals surface area contributed by atoms with Gasteiger partial charge < -0.3 is 4.74 Å². The molecule has 0 fully saturated rings. The fraction of sp³-hybridized carbons (Fsp3) is 0.357. The molecule has 86 valence electrons. The molecule has 0 aromatic heterocycles. The average molecular weight is 218 g/mol. The fourth-order valence-electron chi connectivity index (χ4n) is 1.43. The Morgan fingerprint density at radius 2 is 1.88 bits per heavy atom. The smallest absolute Gasteiger partial charge is 0.315 e. The molecule has 0 saturated carbocycles. The van der Waals surface area contributed by atoms with E-state index in [4.69, 9.17) is 4.74 Å². The number of hydrogen-bond donors (Lipinski definition) is 0. The zero-order chi connectivity index (χ0) is 12.2. The van der Waals surface area contributed by atoms with Crippen LogP contribution in [0.5, 0.6) is 0 Å². The zero-order valence-corrected chi connectivity index (χ0v) is 10.1. The molecule has 0 aliphatic carbocycles. The van der Waals surface area contributed by atoms with Gasteiger partial charge in [0.25, 0.3) is 0 Å². The molecule has 2 nitrogen and oxygen atoms in total. The summed E-state index contributed by atoms with van der Waals surface area (Å²) in [5.41, 5.74) is 1.07. The summed E-state index contributed by atoms with van der Waals surface area (Å²) in [6.45, 7) is 9.86. The van der Waals surface area contributed by atoms with Crippen LogP contribution in [0.4, 0.5) is 0 Å². The number of carbonyl (C=O) groups is 1. The van der Waals surface area contributed by atoms with Gasteiger partial charge in [0, 0.05) is 0 Å². The fourth-order valence-corrected chi connectivity index (χ4v) is 1.43. The number of ether oxygens (including phenoxy) is 1. The van der Waals surface area contributed by atoms with E-state index in [1.54, 1.807) is 6.92 Å². The predicted molar refractivity (Wildman–Crippen MR) is 65.9 cm³/mol. The minimum atomic E-state index is -0.683. The highest BCUT2D eigenvalue weighted by atomic mass is 16.5. The van der Waals surface area contributed by atoms with Crippen molar-refractivity contribution in [1.29, 1.82) is 0 Å². The Bertz CT molecular complexity index is 377. The second kappa shape index (κ2) is 4.97. The van der Waals surface area contributed by atoms with Gasteiger partial charge in [0.2, 0.25) is 0 Å². The third-order valence-corrected chi connectivity index (χ3v) is 2.66. The lowest BCUT2D eigenvalue weighted by Crippen LogP contribution is -2.27. The van der Waals surface area contributed by atoms with Crippen molar-refractivity contribution < 1.29 is 9.53 Å². The van der Waals surface area contributed by atoms with Crippen LogP contribution in [0.25, 0.3) is 5.57 Å². The number of carbonyl (C=O) groups excluding carboxylic acids is 1. The monoisotopic (exact) mass is 218 g/mol. The maximum absolute atomic E-state index is 11.8. The Hall–Kier alpha value is -1.57. The van der Waals surface area contributed by atoms with Crippen LogP contribution in [0.2, 0.25) is 0 Å². The quantitative estimate of drug-likeness (QED) is 0.725. The Morgan fingerprint density at radius 1 is 1.31 bits per heavy atom. The number of esters is 1. The van der Waals surface area contributed by atoms with Crippen LogP contribution in [0.3, 0.4) is 0 Å². The number of benzene rings is 1. The van der Waals surface area contributed by atoms with E-state index < -0.39 is 5.41 Å². The third-order valence-electron chi connectivity index (χ3n) is 2.66. The van der Waals surface area contributed by atoms with Gasteiger partial charge in [-0.1, -0.05) is 36.9 Å². The van der Waals surface area contributed by atoms with Crippen molar-refractivity contribution in [2.24, 2.45) is 5.41 Å². The normalized spacial score (nSPS) is 10.9. The Balaban J connectivity index is 2.92. The topological polar surface area (TPSA) is 26.3 Å². The molecule has 0 aliphatic rings. The molecule has 0 aliphatic heterocycles. The molecule has 0 atom stereocenters. The molecule has 2 heteroatoms. The van der Waals surface area contributed by atoms with Crippen LogP contribution < -0.4 is 0 Å². The van der Waals surface area contributed by atoms with Crippen LogP contribution in [-0.2, 0) is 9.53 Å². The summed E-state index contributed by atoms with van der Waals surface area (Å²) in [5.74, 6) is -0.233. The molecular weight excluding hydrogens is 200 g/mol. The van der Waals surface area contributed by atoms with E-state index in [2.05, 4.69) is 6.58 Å². The third kappa shape index (κ3) is 2.51. The average Bonchev–Trinajstić information content (AvgIpc) is 2.29. The second-order valence-corrected chi connectivity index (χ2v) is 4.19. The highest BCUT2D eigenvalue weighted by Crippen LogP contribution is 2.34. The van der Waals surface area contributed by atoms with Crippen molar-refractivity contribution >= 4 is 11.5 Å². The van der Waals surface area contributed by atoms with Gasteiger partial charge in [-0.05, 0) is 31.9 Å². The highest BCUT2D eigenvalue weighted by molar-refractivity contribution is 5.91. The molecule has 0 heterocycles. The molecule has 0 bridgehead atoms. The molecule has 16 heavy (non-hydrogen) atoms. The molecule has 1 rings (SSSR count). The maximum Gasteiger partial charge on any atom is 0.315 e. The molecular formula is C14H18O2. The molecule has 0 N–H and O–H groups in total. The van der Waals surface area contributed by atoms with E-state index in [1.807, 2.05) is 44.2 Å². The summed E-state index contributed by atoms with van der Waals surface area (Å²) >= 11 is 0. The lowest BCUT2D eigenvalue weighted by atomic mass is 9.81. The van der Waals surface area contributed by atoms with E-state index in [9.17, 15) is 4.79 Å². The van der Waals surface area contributed by atoms with Crippen LogP contribution in [0.15, 0.2) is 36.9 Å². The van der Waals surface area contributed by atoms with Crippen molar-refractivity contribution in [2.75, 3.05) is 6.61 Å². The zero-order valence-electron chi connectivity index (χ0n) is 10.1. The number of hydrogen-bond acceptors (Lipinski definition) is 2. The largest absolute Gasteiger partial charge is 0.465 e. The molecule has 0 saturated heterocycles. The van der Waals surface area contributed by atoms with Crippen molar-refractivity contribution in [3.63, 3.8) is 0 Å². The molecule has 1 aromatic rings. The first-order chi connectivity index (χ1) is 7.50.